The van der Waals surface area contributed by atoms with Gasteiger partial charge in [0.15, 0.2) is 11.5 Å². The van der Waals surface area contributed by atoms with Crippen LogP contribution in [0.25, 0.3) is 0 Å². The Morgan fingerprint density at radius 3 is 2.94 bits per heavy atom. The molecular formula is C12H20N2O3. The Morgan fingerprint density at radius 1 is 1.59 bits per heavy atom. The maximum absolute atomic E-state index is 10.6. The summed E-state index contributed by atoms with van der Waals surface area (Å²) in [5, 5.41) is 15.4. The van der Waals surface area contributed by atoms with Gasteiger partial charge in [-0.05, 0) is 13.3 Å². The van der Waals surface area contributed by atoms with Gasteiger partial charge in [0.05, 0.1) is 6.54 Å². The number of hydrogen-bond acceptors (Lipinski definition) is 4. The number of nitrogens with zero attached hydrogens (tertiary/aromatic N) is 1. The van der Waals surface area contributed by atoms with Crippen molar-refractivity contribution in [2.24, 2.45) is 0 Å². The van der Waals surface area contributed by atoms with Crippen LogP contribution < -0.4 is 5.32 Å². The second-order valence-corrected chi connectivity index (χ2v) is 4.26. The number of carbonyl (C=O) groups is 1. The number of nitrogens with one attached hydrogen (secondary N) is 1. The summed E-state index contributed by atoms with van der Waals surface area (Å²) in [7, 11) is 0. The van der Waals surface area contributed by atoms with Gasteiger partial charge in [0.25, 0.3) is 0 Å². The number of rotatable bonds is 8. The number of carboxylic acid groups (broad SMARTS) is 1. The van der Waals surface area contributed by atoms with Crippen LogP contribution >= 0.6 is 0 Å². The average Bonchev–Trinajstić information content (AvgIpc) is 2.75. The van der Waals surface area contributed by atoms with Crippen LogP contribution in [0.2, 0.25) is 0 Å². The Kier molecular flexibility index (Phi) is 5.69. The monoisotopic (exact) mass is 240 g/mol. The Hall–Kier alpha value is -1.36. The quantitative estimate of drug-likeness (QED) is 0.682. The summed E-state index contributed by atoms with van der Waals surface area (Å²) in [6.07, 6.45) is 4.80. The third-order valence-corrected chi connectivity index (χ3v) is 2.64. The lowest BCUT2D eigenvalue weighted by Gasteiger charge is -2.11. The molecular weight excluding hydrogens is 220 g/mol. The molecule has 0 saturated heterocycles. The van der Waals surface area contributed by atoms with E-state index in [2.05, 4.69) is 24.3 Å². The van der Waals surface area contributed by atoms with Gasteiger partial charge in [-0.1, -0.05) is 31.3 Å². The molecule has 0 amide bonds. The fourth-order valence-electron chi connectivity index (χ4n) is 1.57. The Balaban J connectivity index is 2.26. The van der Waals surface area contributed by atoms with Crippen molar-refractivity contribution in [2.75, 3.05) is 0 Å². The largest absolute Gasteiger partial charge is 0.476 e. The molecule has 0 radical (unpaired) electrons. The molecule has 1 atom stereocenters. The SMILES string of the molecule is CCCCCC(C)NCc1cc(C(=O)O)no1. The van der Waals surface area contributed by atoms with Crippen molar-refractivity contribution in [3.05, 3.63) is 17.5 Å². The van der Waals surface area contributed by atoms with Crippen LogP contribution in [0.3, 0.4) is 0 Å². The zero-order valence-electron chi connectivity index (χ0n) is 10.4. The molecule has 0 saturated carbocycles. The van der Waals surface area contributed by atoms with Gasteiger partial charge in [-0.3, -0.25) is 0 Å². The van der Waals surface area contributed by atoms with Gasteiger partial charge < -0.3 is 14.9 Å². The molecule has 0 spiro atoms. The van der Waals surface area contributed by atoms with E-state index in [9.17, 15) is 4.79 Å². The van der Waals surface area contributed by atoms with Crippen LogP contribution in [-0.2, 0) is 6.54 Å². The highest BCUT2D eigenvalue weighted by atomic mass is 16.5. The predicted molar refractivity (Wildman–Crippen MR) is 63.9 cm³/mol. The van der Waals surface area contributed by atoms with E-state index in [1.54, 1.807) is 0 Å². The van der Waals surface area contributed by atoms with Gasteiger partial charge in [0.2, 0.25) is 0 Å². The maximum Gasteiger partial charge on any atom is 0.358 e. The second kappa shape index (κ2) is 7.06. The van der Waals surface area contributed by atoms with Crippen LogP contribution in [0.4, 0.5) is 0 Å². The molecule has 1 heterocycles. The van der Waals surface area contributed by atoms with E-state index in [1.807, 2.05) is 0 Å². The molecule has 1 aromatic heterocycles. The Morgan fingerprint density at radius 2 is 2.35 bits per heavy atom. The van der Waals surface area contributed by atoms with Gasteiger partial charge in [-0.15, -0.1) is 0 Å². The normalized spacial score (nSPS) is 12.6. The van der Waals surface area contributed by atoms with Crippen molar-refractivity contribution in [1.29, 1.82) is 0 Å². The third kappa shape index (κ3) is 4.99. The van der Waals surface area contributed by atoms with Gasteiger partial charge in [-0.2, -0.15) is 0 Å². The van der Waals surface area contributed by atoms with Crippen molar-refractivity contribution in [3.63, 3.8) is 0 Å². The smallest absolute Gasteiger partial charge is 0.358 e. The lowest BCUT2D eigenvalue weighted by Crippen LogP contribution is -2.25. The van der Waals surface area contributed by atoms with E-state index in [1.165, 1.54) is 25.3 Å². The summed E-state index contributed by atoms with van der Waals surface area (Å²) in [6, 6.07) is 1.86. The Bertz CT molecular complexity index is 349. The zero-order valence-corrected chi connectivity index (χ0v) is 10.4. The third-order valence-electron chi connectivity index (χ3n) is 2.64. The van der Waals surface area contributed by atoms with Gasteiger partial charge in [0, 0.05) is 12.1 Å². The van der Waals surface area contributed by atoms with Crippen molar-refractivity contribution >= 4 is 5.97 Å². The van der Waals surface area contributed by atoms with Crippen molar-refractivity contribution in [1.82, 2.24) is 10.5 Å². The lowest BCUT2D eigenvalue weighted by atomic mass is 10.1. The minimum absolute atomic E-state index is 0.0413. The average molecular weight is 240 g/mol. The van der Waals surface area contributed by atoms with Crippen LogP contribution in [0.15, 0.2) is 10.6 Å². The molecule has 0 bridgehead atoms. The van der Waals surface area contributed by atoms with Crippen molar-refractivity contribution in [3.8, 4) is 0 Å². The number of hydrogen-bond donors (Lipinski definition) is 2. The molecule has 1 aromatic rings. The number of aromatic nitrogens is 1. The van der Waals surface area contributed by atoms with E-state index in [-0.39, 0.29) is 5.69 Å². The molecule has 0 aliphatic heterocycles. The summed E-state index contributed by atoms with van der Waals surface area (Å²) < 4.78 is 4.91. The summed E-state index contributed by atoms with van der Waals surface area (Å²) >= 11 is 0. The van der Waals surface area contributed by atoms with Crippen LogP contribution in [0, 0.1) is 0 Å². The first kappa shape index (κ1) is 13.7. The highest BCUT2D eigenvalue weighted by Crippen LogP contribution is 2.06. The first-order valence-electron chi connectivity index (χ1n) is 6.05. The molecule has 1 unspecified atom stereocenters. The van der Waals surface area contributed by atoms with E-state index in [0.717, 1.165) is 6.42 Å². The fraction of sp³-hybridized carbons (Fsp3) is 0.667. The van der Waals surface area contributed by atoms with E-state index in [4.69, 9.17) is 9.63 Å². The summed E-state index contributed by atoms with van der Waals surface area (Å²) in [6.45, 7) is 4.82. The van der Waals surface area contributed by atoms with E-state index in [0.29, 0.717) is 18.3 Å². The number of unbranched alkanes of at least 4 members (excludes halogenated alkanes) is 2. The number of carboxylic acids is 1. The van der Waals surface area contributed by atoms with Crippen LogP contribution in [0.1, 0.15) is 55.8 Å². The molecule has 0 aromatic carbocycles. The van der Waals surface area contributed by atoms with E-state index < -0.39 is 5.97 Å². The summed E-state index contributed by atoms with van der Waals surface area (Å²) in [5.74, 6) is -0.499. The summed E-state index contributed by atoms with van der Waals surface area (Å²) in [4.78, 5) is 10.6. The van der Waals surface area contributed by atoms with Gasteiger partial charge >= 0.3 is 5.97 Å². The molecule has 5 heteroatoms. The maximum atomic E-state index is 10.6. The molecule has 1 rings (SSSR count). The lowest BCUT2D eigenvalue weighted by molar-refractivity contribution is 0.0685. The minimum atomic E-state index is -1.06. The molecule has 0 fully saturated rings. The zero-order chi connectivity index (χ0) is 12.7. The standard InChI is InChI=1S/C12H20N2O3/c1-3-4-5-6-9(2)13-8-10-7-11(12(15)16)14-17-10/h7,9,13H,3-6,8H2,1-2H3,(H,15,16). The predicted octanol–water partition coefficient (Wildman–Crippen LogP) is 2.43. The van der Waals surface area contributed by atoms with Gasteiger partial charge in [0.1, 0.15) is 0 Å². The topological polar surface area (TPSA) is 75.4 Å². The summed E-state index contributed by atoms with van der Waals surface area (Å²) in [5.41, 5.74) is -0.0413. The van der Waals surface area contributed by atoms with Crippen molar-refractivity contribution in [2.45, 2.75) is 52.1 Å². The Labute approximate surface area is 101 Å². The number of aromatic carboxylic acids is 1. The highest BCUT2D eigenvalue weighted by Gasteiger charge is 2.11. The molecule has 17 heavy (non-hydrogen) atoms. The minimum Gasteiger partial charge on any atom is -0.476 e. The van der Waals surface area contributed by atoms with Crippen molar-refractivity contribution < 1.29 is 14.4 Å². The first-order valence-corrected chi connectivity index (χ1v) is 6.05. The van der Waals surface area contributed by atoms with Crippen LogP contribution in [0.5, 0.6) is 0 Å². The molecule has 0 aliphatic carbocycles. The molecule has 5 nitrogen and oxygen atoms in total. The fourth-order valence-corrected chi connectivity index (χ4v) is 1.57. The highest BCUT2D eigenvalue weighted by molar-refractivity contribution is 5.85. The second-order valence-electron chi connectivity index (χ2n) is 4.26. The van der Waals surface area contributed by atoms with E-state index >= 15 is 0 Å². The first-order chi connectivity index (χ1) is 8.13. The molecule has 2 N–H and O–H groups in total. The molecule has 0 aliphatic rings. The van der Waals surface area contributed by atoms with Gasteiger partial charge in [-0.25, -0.2) is 4.79 Å². The van der Waals surface area contributed by atoms with Crippen LogP contribution in [-0.4, -0.2) is 22.3 Å². The molecule has 96 valence electrons.